The minimum Gasteiger partial charge on any atom is -0.493 e. The van der Waals surface area contributed by atoms with Crippen molar-refractivity contribution in [3.63, 3.8) is 0 Å². The lowest BCUT2D eigenvalue weighted by molar-refractivity contribution is 0.284. The molecule has 1 N–H and O–H groups in total. The van der Waals surface area contributed by atoms with Crippen LogP contribution in [0, 0.1) is 6.92 Å². The van der Waals surface area contributed by atoms with Crippen LogP contribution in [0.25, 0.3) is 0 Å². The van der Waals surface area contributed by atoms with Gasteiger partial charge in [0.1, 0.15) is 6.61 Å². The second-order valence-corrected chi connectivity index (χ2v) is 7.45. The first-order valence-electron chi connectivity index (χ1n) is 8.60. The van der Waals surface area contributed by atoms with Gasteiger partial charge >= 0.3 is 0 Å². The molecule has 0 unspecified atom stereocenters. The third-order valence-corrected chi connectivity index (χ3v) is 5.37. The molecule has 0 heterocycles. The fourth-order valence-corrected chi connectivity index (χ4v) is 3.26. The molecule has 0 aliphatic carbocycles. The molecule has 0 aliphatic rings. The molecule has 5 heteroatoms. The highest BCUT2D eigenvalue weighted by molar-refractivity contribution is 9.10. The van der Waals surface area contributed by atoms with E-state index in [0.717, 1.165) is 31.9 Å². The average Bonchev–Trinajstić information content (AvgIpc) is 2.69. The summed E-state index contributed by atoms with van der Waals surface area (Å²) in [6.45, 7) is 3.11. The lowest BCUT2D eigenvalue weighted by Gasteiger charge is -2.15. The molecule has 0 spiro atoms. The topological polar surface area (TPSA) is 30.5 Å². The SMILES string of the molecule is COc1cc(CNc2ccc(C)c(Cl)c2)c(Br)cc1OCc1ccccc1. The molecule has 0 saturated carbocycles. The van der Waals surface area contributed by atoms with E-state index in [0.29, 0.717) is 24.7 Å². The van der Waals surface area contributed by atoms with Crippen LogP contribution < -0.4 is 14.8 Å². The van der Waals surface area contributed by atoms with Crippen molar-refractivity contribution in [1.29, 1.82) is 0 Å². The Labute approximate surface area is 173 Å². The van der Waals surface area contributed by atoms with E-state index in [4.69, 9.17) is 21.1 Å². The summed E-state index contributed by atoms with van der Waals surface area (Å²) in [6, 6.07) is 19.9. The van der Waals surface area contributed by atoms with Crippen molar-refractivity contribution in [2.75, 3.05) is 12.4 Å². The Morgan fingerprint density at radius 1 is 1.00 bits per heavy atom. The van der Waals surface area contributed by atoms with Crippen LogP contribution >= 0.6 is 27.5 Å². The Kier molecular flexibility index (Phi) is 6.64. The predicted octanol–water partition coefficient (Wildman–Crippen LogP) is 6.61. The number of methoxy groups -OCH3 is 1. The van der Waals surface area contributed by atoms with E-state index in [9.17, 15) is 0 Å². The van der Waals surface area contributed by atoms with Crippen LogP contribution in [0.5, 0.6) is 11.5 Å². The highest BCUT2D eigenvalue weighted by Crippen LogP contribution is 2.34. The smallest absolute Gasteiger partial charge is 0.162 e. The fraction of sp³-hybridized carbons (Fsp3) is 0.182. The minimum atomic E-state index is 0.489. The second kappa shape index (κ2) is 9.16. The molecule has 0 amide bonds. The molecule has 3 aromatic rings. The van der Waals surface area contributed by atoms with Gasteiger partial charge < -0.3 is 14.8 Å². The first kappa shape index (κ1) is 19.6. The zero-order valence-electron chi connectivity index (χ0n) is 15.3. The number of nitrogens with one attached hydrogen (secondary N) is 1. The predicted molar refractivity (Wildman–Crippen MR) is 115 cm³/mol. The van der Waals surface area contributed by atoms with Crippen molar-refractivity contribution >= 4 is 33.2 Å². The van der Waals surface area contributed by atoms with Gasteiger partial charge in [-0.2, -0.15) is 0 Å². The zero-order valence-corrected chi connectivity index (χ0v) is 17.6. The molecule has 0 saturated heterocycles. The maximum absolute atomic E-state index is 6.19. The van der Waals surface area contributed by atoms with Gasteiger partial charge in [-0.25, -0.2) is 0 Å². The number of benzene rings is 3. The summed E-state index contributed by atoms with van der Waals surface area (Å²) < 4.78 is 12.4. The molecule has 0 atom stereocenters. The van der Waals surface area contributed by atoms with E-state index < -0.39 is 0 Å². The van der Waals surface area contributed by atoms with Gasteiger partial charge in [-0.3, -0.25) is 0 Å². The zero-order chi connectivity index (χ0) is 19.2. The van der Waals surface area contributed by atoms with Crippen LogP contribution in [0.15, 0.2) is 65.1 Å². The molecule has 3 rings (SSSR count). The number of hydrogen-bond acceptors (Lipinski definition) is 3. The highest BCUT2D eigenvalue weighted by atomic mass is 79.9. The van der Waals surface area contributed by atoms with Crippen LogP contribution in [-0.2, 0) is 13.2 Å². The van der Waals surface area contributed by atoms with Gasteiger partial charge in [0, 0.05) is 21.7 Å². The maximum atomic E-state index is 6.19. The molecule has 0 aromatic heterocycles. The molecular formula is C22H21BrClNO2. The van der Waals surface area contributed by atoms with Crippen LogP contribution in [-0.4, -0.2) is 7.11 Å². The van der Waals surface area contributed by atoms with E-state index in [-0.39, 0.29) is 0 Å². The van der Waals surface area contributed by atoms with Crippen molar-refractivity contribution in [2.24, 2.45) is 0 Å². The second-order valence-electron chi connectivity index (χ2n) is 6.19. The summed E-state index contributed by atoms with van der Waals surface area (Å²) >= 11 is 9.83. The molecule has 0 aliphatic heterocycles. The first-order valence-corrected chi connectivity index (χ1v) is 9.77. The van der Waals surface area contributed by atoms with Gasteiger partial charge in [-0.15, -0.1) is 0 Å². The first-order chi connectivity index (χ1) is 13.1. The van der Waals surface area contributed by atoms with E-state index in [1.54, 1.807) is 7.11 Å². The summed E-state index contributed by atoms with van der Waals surface area (Å²) in [6.07, 6.45) is 0. The van der Waals surface area contributed by atoms with Crippen LogP contribution in [0.2, 0.25) is 5.02 Å². The van der Waals surface area contributed by atoms with Crippen LogP contribution in [0.1, 0.15) is 16.7 Å². The van der Waals surface area contributed by atoms with E-state index in [1.807, 2.05) is 67.6 Å². The van der Waals surface area contributed by atoms with Gasteiger partial charge in [0.15, 0.2) is 11.5 Å². The third-order valence-electron chi connectivity index (χ3n) is 4.22. The number of halogens is 2. The number of aryl methyl sites for hydroxylation is 1. The lowest BCUT2D eigenvalue weighted by atomic mass is 10.1. The molecule has 3 aromatic carbocycles. The Balaban J connectivity index is 1.72. The molecule has 0 fully saturated rings. The fourth-order valence-electron chi connectivity index (χ4n) is 2.62. The van der Waals surface area contributed by atoms with Crippen molar-refractivity contribution in [1.82, 2.24) is 0 Å². The third kappa shape index (κ3) is 5.18. The Morgan fingerprint density at radius 3 is 2.48 bits per heavy atom. The van der Waals surface area contributed by atoms with Gasteiger partial charge in [0.05, 0.1) is 7.11 Å². The number of hydrogen-bond donors (Lipinski definition) is 1. The Morgan fingerprint density at radius 2 is 1.78 bits per heavy atom. The summed E-state index contributed by atoms with van der Waals surface area (Å²) in [5, 5.41) is 4.14. The summed E-state index contributed by atoms with van der Waals surface area (Å²) in [5.41, 5.74) is 4.21. The van der Waals surface area contributed by atoms with Gasteiger partial charge in [0.25, 0.3) is 0 Å². The average molecular weight is 447 g/mol. The summed E-state index contributed by atoms with van der Waals surface area (Å²) in [4.78, 5) is 0. The number of anilines is 1. The van der Waals surface area contributed by atoms with E-state index in [1.165, 1.54) is 0 Å². The monoisotopic (exact) mass is 445 g/mol. The Hall–Kier alpha value is -2.17. The van der Waals surface area contributed by atoms with Crippen molar-refractivity contribution in [3.8, 4) is 11.5 Å². The number of rotatable bonds is 7. The van der Waals surface area contributed by atoms with E-state index in [2.05, 4.69) is 21.2 Å². The van der Waals surface area contributed by atoms with Gasteiger partial charge in [0.2, 0.25) is 0 Å². The van der Waals surface area contributed by atoms with E-state index >= 15 is 0 Å². The standard InChI is InChI=1S/C22H21BrClNO2/c1-15-8-9-18(11-20(15)24)25-13-17-10-21(26-2)22(12-19(17)23)27-14-16-6-4-3-5-7-16/h3-12,25H,13-14H2,1-2H3. The van der Waals surface area contributed by atoms with Crippen LogP contribution in [0.4, 0.5) is 5.69 Å². The van der Waals surface area contributed by atoms with Crippen LogP contribution in [0.3, 0.4) is 0 Å². The van der Waals surface area contributed by atoms with Crippen molar-refractivity contribution in [3.05, 3.63) is 86.8 Å². The largest absolute Gasteiger partial charge is 0.493 e. The lowest BCUT2D eigenvalue weighted by Crippen LogP contribution is -2.03. The quantitative estimate of drug-likeness (QED) is 0.443. The molecule has 0 radical (unpaired) electrons. The summed E-state index contributed by atoms with van der Waals surface area (Å²) in [7, 11) is 1.65. The van der Waals surface area contributed by atoms with Crippen molar-refractivity contribution in [2.45, 2.75) is 20.1 Å². The normalized spacial score (nSPS) is 10.5. The highest BCUT2D eigenvalue weighted by Gasteiger charge is 2.11. The molecule has 140 valence electrons. The Bertz CT molecular complexity index is 916. The van der Waals surface area contributed by atoms with Gasteiger partial charge in [-0.05, 0) is 47.9 Å². The maximum Gasteiger partial charge on any atom is 0.162 e. The summed E-state index contributed by atoms with van der Waals surface area (Å²) in [5.74, 6) is 1.41. The number of ether oxygens (including phenoxy) is 2. The minimum absolute atomic E-state index is 0.489. The molecular weight excluding hydrogens is 426 g/mol. The molecule has 0 bridgehead atoms. The van der Waals surface area contributed by atoms with Gasteiger partial charge in [-0.1, -0.05) is 63.9 Å². The molecule has 27 heavy (non-hydrogen) atoms. The molecule has 3 nitrogen and oxygen atoms in total. The van der Waals surface area contributed by atoms with Crippen molar-refractivity contribution < 1.29 is 9.47 Å².